The topological polar surface area (TPSA) is 75.9 Å². The van der Waals surface area contributed by atoms with Gasteiger partial charge in [-0.2, -0.15) is 0 Å². The molecule has 1 fully saturated rings. The summed E-state index contributed by atoms with van der Waals surface area (Å²) in [6, 6.07) is 11.9. The van der Waals surface area contributed by atoms with Crippen LogP contribution < -0.4 is 5.32 Å². The summed E-state index contributed by atoms with van der Waals surface area (Å²) >= 11 is 0. The monoisotopic (exact) mass is 376 g/mol. The number of piperidine rings is 1. The number of likely N-dealkylation sites (tertiary alicyclic amines) is 1. The number of amides is 2. The van der Waals surface area contributed by atoms with Gasteiger partial charge in [0.1, 0.15) is 5.69 Å². The molecule has 4 rings (SSSR count). The zero-order valence-electron chi connectivity index (χ0n) is 16.2. The molecule has 1 aliphatic heterocycles. The normalized spacial score (nSPS) is 14.9. The van der Waals surface area contributed by atoms with Crippen LogP contribution in [0.15, 0.2) is 48.8 Å². The van der Waals surface area contributed by atoms with Crippen LogP contribution in [0.25, 0.3) is 11.4 Å². The quantitative estimate of drug-likeness (QED) is 0.754. The van der Waals surface area contributed by atoms with Crippen molar-refractivity contribution in [2.45, 2.75) is 32.7 Å². The zero-order chi connectivity index (χ0) is 19.5. The predicted molar refractivity (Wildman–Crippen MR) is 108 cm³/mol. The minimum atomic E-state index is -0.0417. The van der Waals surface area contributed by atoms with Crippen LogP contribution in [0.3, 0.4) is 0 Å². The summed E-state index contributed by atoms with van der Waals surface area (Å²) in [5, 5.41) is 11.6. The molecule has 2 aromatic heterocycles. The van der Waals surface area contributed by atoms with Crippen LogP contribution in [0.4, 0.5) is 10.5 Å². The molecule has 7 heteroatoms. The maximum Gasteiger partial charge on any atom is 0.321 e. The Balaban J connectivity index is 1.36. The Bertz CT molecular complexity index is 960. The highest BCUT2D eigenvalue weighted by Gasteiger charge is 2.25. The van der Waals surface area contributed by atoms with Crippen LogP contribution in [-0.2, 0) is 0 Å². The smallest absolute Gasteiger partial charge is 0.321 e. The maximum absolute atomic E-state index is 12.6. The van der Waals surface area contributed by atoms with Crippen LogP contribution in [0.1, 0.15) is 30.0 Å². The zero-order valence-corrected chi connectivity index (χ0v) is 16.2. The van der Waals surface area contributed by atoms with Crippen molar-refractivity contribution in [3.05, 3.63) is 59.9 Å². The van der Waals surface area contributed by atoms with E-state index in [0.717, 1.165) is 35.5 Å². The second-order valence-electron chi connectivity index (χ2n) is 7.19. The van der Waals surface area contributed by atoms with Gasteiger partial charge in [0.15, 0.2) is 0 Å². The number of pyridine rings is 1. The van der Waals surface area contributed by atoms with Crippen LogP contribution in [0.5, 0.6) is 0 Å². The van der Waals surface area contributed by atoms with Gasteiger partial charge in [0.05, 0.1) is 17.9 Å². The Morgan fingerprint density at radius 2 is 1.89 bits per heavy atom. The molecule has 1 aliphatic rings. The third-order valence-electron chi connectivity index (χ3n) is 5.41. The summed E-state index contributed by atoms with van der Waals surface area (Å²) in [6.45, 7) is 5.47. The van der Waals surface area contributed by atoms with E-state index in [4.69, 9.17) is 0 Å². The fraction of sp³-hybridized carbons (Fsp3) is 0.333. The Hall–Kier alpha value is -3.22. The lowest BCUT2D eigenvalue weighted by molar-refractivity contribution is 0.179. The summed E-state index contributed by atoms with van der Waals surface area (Å²) in [5.74, 6) is 0. The second kappa shape index (κ2) is 7.80. The number of nitrogens with one attached hydrogen (secondary N) is 1. The molecular formula is C21H24N6O. The number of urea groups is 1. The predicted octanol–water partition coefficient (Wildman–Crippen LogP) is 3.83. The average Bonchev–Trinajstić information content (AvgIpc) is 3.22. The van der Waals surface area contributed by atoms with Crippen LogP contribution in [0, 0.1) is 13.8 Å². The molecule has 1 N–H and O–H groups in total. The van der Waals surface area contributed by atoms with E-state index >= 15 is 0 Å². The first-order valence-electron chi connectivity index (χ1n) is 9.57. The standard InChI is InChI=1S/C21H24N6O/c1-15-6-5-8-18(16(15)2)23-21(28)26-12-9-17(10-13-26)27-14-20(24-25-27)19-7-3-4-11-22-19/h3-8,11,14,17H,9-10,12-13H2,1-2H3,(H,23,28). The molecule has 1 aromatic carbocycles. The van der Waals surface area contributed by atoms with Gasteiger partial charge in [0.2, 0.25) is 0 Å². The van der Waals surface area contributed by atoms with Crippen molar-refractivity contribution in [1.29, 1.82) is 0 Å². The SMILES string of the molecule is Cc1cccc(NC(=O)N2CCC(n3cc(-c4ccccn4)nn3)CC2)c1C. The molecule has 3 heterocycles. The Morgan fingerprint density at radius 1 is 1.07 bits per heavy atom. The molecule has 28 heavy (non-hydrogen) atoms. The molecule has 0 saturated carbocycles. The van der Waals surface area contributed by atoms with E-state index < -0.39 is 0 Å². The van der Waals surface area contributed by atoms with Crippen molar-refractivity contribution in [1.82, 2.24) is 24.9 Å². The fourth-order valence-corrected chi connectivity index (χ4v) is 3.50. The second-order valence-corrected chi connectivity index (χ2v) is 7.19. The largest absolute Gasteiger partial charge is 0.324 e. The minimum absolute atomic E-state index is 0.0417. The highest BCUT2D eigenvalue weighted by molar-refractivity contribution is 5.90. The lowest BCUT2D eigenvalue weighted by atomic mass is 10.1. The van der Waals surface area contributed by atoms with E-state index in [-0.39, 0.29) is 12.1 Å². The van der Waals surface area contributed by atoms with Gasteiger partial charge in [0, 0.05) is 25.0 Å². The Morgan fingerprint density at radius 3 is 2.64 bits per heavy atom. The van der Waals surface area contributed by atoms with Gasteiger partial charge in [0.25, 0.3) is 0 Å². The maximum atomic E-state index is 12.6. The van der Waals surface area contributed by atoms with E-state index in [9.17, 15) is 4.79 Å². The van der Waals surface area contributed by atoms with Crippen LogP contribution >= 0.6 is 0 Å². The third-order valence-corrected chi connectivity index (χ3v) is 5.41. The molecule has 0 atom stereocenters. The van der Waals surface area contributed by atoms with Gasteiger partial charge in [-0.15, -0.1) is 5.10 Å². The summed E-state index contributed by atoms with van der Waals surface area (Å²) in [6.07, 6.45) is 5.40. The Labute approximate surface area is 164 Å². The number of hydrogen-bond donors (Lipinski definition) is 1. The molecular weight excluding hydrogens is 352 g/mol. The van der Waals surface area contributed by atoms with Gasteiger partial charge in [-0.1, -0.05) is 23.4 Å². The number of aromatic nitrogens is 4. The lowest BCUT2D eigenvalue weighted by Crippen LogP contribution is -2.41. The third kappa shape index (κ3) is 3.74. The minimum Gasteiger partial charge on any atom is -0.324 e. The van der Waals surface area contributed by atoms with Gasteiger partial charge in [-0.25, -0.2) is 9.48 Å². The van der Waals surface area contributed by atoms with E-state index in [2.05, 4.69) is 20.6 Å². The van der Waals surface area contributed by atoms with Crippen molar-refractivity contribution >= 4 is 11.7 Å². The number of rotatable bonds is 3. The summed E-state index contributed by atoms with van der Waals surface area (Å²) in [4.78, 5) is 18.8. The van der Waals surface area contributed by atoms with Crippen molar-refractivity contribution in [3.63, 3.8) is 0 Å². The van der Waals surface area contributed by atoms with Gasteiger partial charge in [-0.3, -0.25) is 4.98 Å². The van der Waals surface area contributed by atoms with Crippen LogP contribution in [-0.4, -0.2) is 44.0 Å². The van der Waals surface area contributed by atoms with E-state index in [0.29, 0.717) is 13.1 Å². The first-order valence-corrected chi connectivity index (χ1v) is 9.57. The number of nitrogens with zero attached hydrogens (tertiary/aromatic N) is 5. The number of anilines is 1. The Kier molecular flexibility index (Phi) is 5.06. The highest BCUT2D eigenvalue weighted by atomic mass is 16.2. The summed E-state index contributed by atoms with van der Waals surface area (Å²) < 4.78 is 1.91. The molecule has 0 spiro atoms. The molecule has 0 bridgehead atoms. The molecule has 2 amide bonds. The highest BCUT2D eigenvalue weighted by Crippen LogP contribution is 2.25. The molecule has 1 saturated heterocycles. The molecule has 3 aromatic rings. The van der Waals surface area contributed by atoms with Gasteiger partial charge >= 0.3 is 6.03 Å². The van der Waals surface area contributed by atoms with Crippen molar-refractivity contribution in [2.24, 2.45) is 0 Å². The fourth-order valence-electron chi connectivity index (χ4n) is 3.50. The molecule has 0 aliphatic carbocycles. The van der Waals surface area contributed by atoms with Gasteiger partial charge < -0.3 is 10.2 Å². The lowest BCUT2D eigenvalue weighted by Gasteiger charge is -2.32. The van der Waals surface area contributed by atoms with Crippen LogP contribution in [0.2, 0.25) is 0 Å². The number of carbonyl (C=O) groups excluding carboxylic acids is 1. The van der Waals surface area contributed by atoms with E-state index in [1.807, 2.05) is 66.0 Å². The summed E-state index contributed by atoms with van der Waals surface area (Å²) in [7, 11) is 0. The number of hydrogen-bond acceptors (Lipinski definition) is 4. The van der Waals surface area contributed by atoms with E-state index in [1.165, 1.54) is 5.56 Å². The number of benzene rings is 1. The average molecular weight is 376 g/mol. The van der Waals surface area contributed by atoms with Crippen molar-refractivity contribution in [2.75, 3.05) is 18.4 Å². The molecule has 0 unspecified atom stereocenters. The van der Waals surface area contributed by atoms with E-state index in [1.54, 1.807) is 6.20 Å². The van der Waals surface area contributed by atoms with Crippen molar-refractivity contribution in [3.8, 4) is 11.4 Å². The number of aryl methyl sites for hydroxylation is 1. The first-order chi connectivity index (χ1) is 13.6. The molecule has 0 radical (unpaired) electrons. The van der Waals surface area contributed by atoms with Crippen molar-refractivity contribution < 1.29 is 4.79 Å². The molecule has 7 nitrogen and oxygen atoms in total. The molecule has 144 valence electrons. The number of carbonyl (C=O) groups is 1. The van der Waals surface area contributed by atoms with Gasteiger partial charge in [-0.05, 0) is 56.0 Å². The first kappa shape index (κ1) is 18.2. The summed E-state index contributed by atoms with van der Waals surface area (Å²) in [5.41, 5.74) is 4.75.